The van der Waals surface area contributed by atoms with Crippen molar-refractivity contribution in [3.05, 3.63) is 0 Å². The molecule has 5 nitrogen and oxygen atoms in total. The zero-order valence-corrected chi connectivity index (χ0v) is 12.9. The molecule has 2 amide bonds. The van der Waals surface area contributed by atoms with Crippen molar-refractivity contribution in [2.45, 2.75) is 70.1 Å². The number of urea groups is 1. The maximum absolute atomic E-state index is 12.2. The van der Waals surface area contributed by atoms with Gasteiger partial charge in [0.05, 0.1) is 6.10 Å². The van der Waals surface area contributed by atoms with Crippen LogP contribution < -0.4 is 10.6 Å². The van der Waals surface area contributed by atoms with E-state index in [9.17, 15) is 4.79 Å². The fourth-order valence-corrected chi connectivity index (χ4v) is 4.07. The molecule has 120 valence electrons. The smallest absolute Gasteiger partial charge is 0.315 e. The number of carbonyl (C=O) groups excluding carboxylic acids is 1. The van der Waals surface area contributed by atoms with Crippen molar-refractivity contribution in [3.8, 4) is 0 Å². The second-order valence-corrected chi connectivity index (χ2v) is 6.89. The second-order valence-electron chi connectivity index (χ2n) is 6.89. The summed E-state index contributed by atoms with van der Waals surface area (Å²) in [6, 6.07) is 0.332. The largest absolute Gasteiger partial charge is 0.396 e. The molecule has 0 aliphatic heterocycles. The van der Waals surface area contributed by atoms with E-state index in [-0.39, 0.29) is 30.1 Å². The van der Waals surface area contributed by atoms with Crippen LogP contribution >= 0.6 is 0 Å². The number of rotatable bonds is 7. The van der Waals surface area contributed by atoms with Gasteiger partial charge in [0.2, 0.25) is 0 Å². The molecule has 3 atom stereocenters. The Morgan fingerprint density at radius 2 is 2.19 bits per heavy atom. The number of amides is 2. The van der Waals surface area contributed by atoms with Crippen LogP contribution in [0.4, 0.5) is 4.79 Å². The number of nitrogens with one attached hydrogen (secondary N) is 2. The summed E-state index contributed by atoms with van der Waals surface area (Å²) in [6.07, 6.45) is 7.87. The van der Waals surface area contributed by atoms with Gasteiger partial charge in [-0.3, -0.25) is 0 Å². The zero-order valence-electron chi connectivity index (χ0n) is 12.9. The van der Waals surface area contributed by atoms with Gasteiger partial charge in [-0.1, -0.05) is 6.42 Å². The highest BCUT2D eigenvalue weighted by Crippen LogP contribution is 2.57. The van der Waals surface area contributed by atoms with Crippen molar-refractivity contribution in [1.29, 1.82) is 0 Å². The second kappa shape index (κ2) is 6.13. The van der Waals surface area contributed by atoms with Gasteiger partial charge in [0.1, 0.15) is 0 Å². The molecule has 3 saturated carbocycles. The van der Waals surface area contributed by atoms with Crippen LogP contribution in [0.15, 0.2) is 0 Å². The molecule has 21 heavy (non-hydrogen) atoms. The Hall–Kier alpha value is -0.810. The predicted octanol–water partition coefficient (Wildman–Crippen LogP) is 1.79. The molecule has 3 N–H and O–H groups in total. The first kappa shape index (κ1) is 15.1. The summed E-state index contributed by atoms with van der Waals surface area (Å²) in [5, 5.41) is 15.3. The van der Waals surface area contributed by atoms with Crippen LogP contribution in [0.25, 0.3) is 0 Å². The molecule has 3 aliphatic carbocycles. The van der Waals surface area contributed by atoms with Gasteiger partial charge in [-0.05, 0) is 51.4 Å². The van der Waals surface area contributed by atoms with Crippen LogP contribution in [0.3, 0.4) is 0 Å². The summed E-state index contributed by atoms with van der Waals surface area (Å²) in [7, 11) is 0. The van der Waals surface area contributed by atoms with E-state index >= 15 is 0 Å². The van der Waals surface area contributed by atoms with Gasteiger partial charge in [0.15, 0.2) is 0 Å². The topological polar surface area (TPSA) is 70.6 Å². The fraction of sp³-hybridized carbons (Fsp3) is 0.938. The molecule has 0 radical (unpaired) electrons. The lowest BCUT2D eigenvalue weighted by Gasteiger charge is -2.60. The SMILES string of the molecule is CCO[C@@H]1C[C@@H](NC(=O)N[C@@H](CCO)C2CC2)C12CCC2. The quantitative estimate of drug-likeness (QED) is 0.671. The highest BCUT2D eigenvalue weighted by Gasteiger charge is 2.59. The molecule has 0 saturated heterocycles. The first-order valence-electron chi connectivity index (χ1n) is 8.49. The lowest BCUT2D eigenvalue weighted by molar-refractivity contribution is -0.169. The van der Waals surface area contributed by atoms with Gasteiger partial charge in [-0.2, -0.15) is 0 Å². The lowest BCUT2D eigenvalue weighted by Crippen LogP contribution is -2.68. The third-order valence-corrected chi connectivity index (χ3v) is 5.69. The highest BCUT2D eigenvalue weighted by atomic mass is 16.5. The molecule has 0 heterocycles. The van der Waals surface area contributed by atoms with Crippen LogP contribution in [0.2, 0.25) is 0 Å². The van der Waals surface area contributed by atoms with Crippen molar-refractivity contribution >= 4 is 6.03 Å². The molecular formula is C16H28N2O3. The molecule has 3 rings (SSSR count). The Bertz CT molecular complexity index is 380. The van der Waals surface area contributed by atoms with E-state index in [0.29, 0.717) is 18.4 Å². The molecule has 0 bridgehead atoms. The first-order valence-corrected chi connectivity index (χ1v) is 8.49. The lowest BCUT2D eigenvalue weighted by atomic mass is 9.51. The van der Waals surface area contributed by atoms with Crippen molar-refractivity contribution in [3.63, 3.8) is 0 Å². The molecular weight excluding hydrogens is 268 g/mol. The number of hydrogen-bond donors (Lipinski definition) is 3. The average molecular weight is 296 g/mol. The number of carbonyl (C=O) groups is 1. The highest BCUT2D eigenvalue weighted by molar-refractivity contribution is 5.75. The Labute approximate surface area is 126 Å². The number of aliphatic hydroxyl groups excluding tert-OH is 1. The minimum atomic E-state index is -0.0634. The van der Waals surface area contributed by atoms with Gasteiger partial charge in [-0.25, -0.2) is 4.79 Å². The maximum Gasteiger partial charge on any atom is 0.315 e. The van der Waals surface area contributed by atoms with Crippen LogP contribution in [0, 0.1) is 11.3 Å². The van der Waals surface area contributed by atoms with Crippen LogP contribution in [-0.4, -0.2) is 42.5 Å². The molecule has 0 aromatic carbocycles. The van der Waals surface area contributed by atoms with Crippen LogP contribution in [0.5, 0.6) is 0 Å². The normalized spacial score (nSPS) is 31.1. The third-order valence-electron chi connectivity index (χ3n) is 5.69. The standard InChI is InChI=1S/C16H28N2O3/c1-2-21-14-10-13(16(14)7-3-8-16)18-15(20)17-12(6-9-19)11-4-5-11/h11-14,19H,2-10H2,1H3,(H2,17,18,20)/t12-,13+,14+/m0/s1. The van der Waals surface area contributed by atoms with Crippen molar-refractivity contribution < 1.29 is 14.6 Å². The van der Waals surface area contributed by atoms with E-state index in [2.05, 4.69) is 10.6 Å². The van der Waals surface area contributed by atoms with Gasteiger partial charge in [-0.15, -0.1) is 0 Å². The Kier molecular flexibility index (Phi) is 4.41. The van der Waals surface area contributed by atoms with Gasteiger partial charge in [0, 0.05) is 30.7 Å². The van der Waals surface area contributed by atoms with Gasteiger partial charge >= 0.3 is 6.03 Å². The molecule has 3 fully saturated rings. The number of ether oxygens (including phenoxy) is 1. The first-order chi connectivity index (χ1) is 10.2. The van der Waals surface area contributed by atoms with E-state index in [4.69, 9.17) is 9.84 Å². The summed E-state index contributed by atoms with van der Waals surface area (Å²) >= 11 is 0. The van der Waals surface area contributed by atoms with Crippen molar-refractivity contribution in [1.82, 2.24) is 10.6 Å². The van der Waals surface area contributed by atoms with Crippen LogP contribution in [-0.2, 0) is 4.74 Å². The summed E-state index contributed by atoms with van der Waals surface area (Å²) in [4.78, 5) is 12.2. The Balaban J connectivity index is 1.48. The minimum absolute atomic E-state index is 0.0634. The van der Waals surface area contributed by atoms with E-state index in [1.54, 1.807) is 0 Å². The minimum Gasteiger partial charge on any atom is -0.396 e. The number of hydrogen-bond acceptors (Lipinski definition) is 3. The van der Waals surface area contributed by atoms with Gasteiger partial charge < -0.3 is 20.5 Å². The fourth-order valence-electron chi connectivity index (χ4n) is 4.07. The average Bonchev–Trinajstić information content (AvgIpc) is 3.19. The molecule has 0 aromatic rings. The zero-order chi connectivity index (χ0) is 14.9. The summed E-state index contributed by atoms with van der Waals surface area (Å²) < 4.78 is 5.81. The summed E-state index contributed by atoms with van der Waals surface area (Å²) in [5.41, 5.74) is 0.208. The predicted molar refractivity (Wildman–Crippen MR) is 80.0 cm³/mol. The van der Waals surface area contributed by atoms with E-state index in [0.717, 1.165) is 13.0 Å². The molecule has 5 heteroatoms. The summed E-state index contributed by atoms with van der Waals surface area (Å²) in [5.74, 6) is 0.568. The molecule has 1 spiro atoms. The van der Waals surface area contributed by atoms with Gasteiger partial charge in [0.25, 0.3) is 0 Å². The monoisotopic (exact) mass is 296 g/mol. The number of aliphatic hydroxyl groups is 1. The molecule has 0 aromatic heterocycles. The Morgan fingerprint density at radius 3 is 2.71 bits per heavy atom. The third kappa shape index (κ3) is 2.90. The van der Waals surface area contributed by atoms with Crippen LogP contribution in [0.1, 0.15) is 51.9 Å². The van der Waals surface area contributed by atoms with Crippen molar-refractivity contribution in [2.75, 3.05) is 13.2 Å². The van der Waals surface area contributed by atoms with E-state index < -0.39 is 0 Å². The molecule has 0 unspecified atom stereocenters. The maximum atomic E-state index is 12.2. The van der Waals surface area contributed by atoms with Crippen molar-refractivity contribution in [2.24, 2.45) is 11.3 Å². The van der Waals surface area contributed by atoms with E-state index in [1.165, 1.54) is 32.1 Å². The summed E-state index contributed by atoms with van der Waals surface area (Å²) in [6.45, 7) is 2.93. The van der Waals surface area contributed by atoms with E-state index in [1.807, 2.05) is 6.92 Å². The molecule has 3 aliphatic rings. The Morgan fingerprint density at radius 1 is 1.43 bits per heavy atom.